The average Bonchev–Trinajstić information content (AvgIpc) is 2.32. The maximum Gasteiger partial charge on any atom is 0.128 e. The smallest absolute Gasteiger partial charge is 0.128 e. The molecule has 3 nitrogen and oxygen atoms in total. The van der Waals surface area contributed by atoms with Crippen LogP contribution in [0.15, 0.2) is 18.2 Å². The molecule has 0 spiro atoms. The number of nitrogens with zero attached hydrogens (tertiary/aromatic N) is 1. The minimum atomic E-state index is -0.184. The van der Waals surface area contributed by atoms with Crippen molar-refractivity contribution in [2.24, 2.45) is 5.73 Å². The molecule has 0 aliphatic rings. The number of rotatable bonds is 7. The summed E-state index contributed by atoms with van der Waals surface area (Å²) in [5.41, 5.74) is 6.98. The van der Waals surface area contributed by atoms with E-state index in [1.165, 1.54) is 6.07 Å². The second kappa shape index (κ2) is 7.37. The van der Waals surface area contributed by atoms with Crippen LogP contribution in [0.5, 0.6) is 0 Å². The Bertz CT molecular complexity index is 344. The van der Waals surface area contributed by atoms with Gasteiger partial charge in [0.2, 0.25) is 0 Å². The predicted molar refractivity (Wildman–Crippen MR) is 67.1 cm³/mol. The van der Waals surface area contributed by atoms with Crippen molar-refractivity contribution in [1.82, 2.24) is 4.90 Å². The van der Waals surface area contributed by atoms with Crippen LogP contribution < -0.4 is 5.73 Å². The van der Waals surface area contributed by atoms with E-state index < -0.39 is 0 Å². The molecule has 0 aromatic heterocycles. The van der Waals surface area contributed by atoms with Crippen molar-refractivity contribution in [2.75, 3.05) is 26.8 Å². The summed E-state index contributed by atoms with van der Waals surface area (Å²) in [5.74, 6) is -0.184. The van der Waals surface area contributed by atoms with Crippen LogP contribution in [0.3, 0.4) is 0 Å². The fourth-order valence-electron chi connectivity index (χ4n) is 1.58. The number of likely N-dealkylation sites (N-methyl/N-ethyl adjacent to an activating group) is 1. The van der Waals surface area contributed by atoms with Gasteiger partial charge in [0.15, 0.2) is 0 Å². The monoisotopic (exact) mass is 240 g/mol. The summed E-state index contributed by atoms with van der Waals surface area (Å²) in [6.07, 6.45) is 0. The van der Waals surface area contributed by atoms with Crippen molar-refractivity contribution in [3.63, 3.8) is 0 Å². The molecule has 0 unspecified atom stereocenters. The molecule has 0 saturated carbocycles. The lowest BCUT2D eigenvalue weighted by Crippen LogP contribution is -2.23. The molecule has 0 aliphatic heterocycles. The van der Waals surface area contributed by atoms with E-state index in [1.54, 1.807) is 6.07 Å². The molecular formula is C13H21FN2O. The fraction of sp³-hybridized carbons (Fsp3) is 0.538. The molecule has 0 saturated heterocycles. The third-order valence-electron chi connectivity index (χ3n) is 2.61. The first kappa shape index (κ1) is 14.1. The number of hydrogen-bond donors (Lipinski definition) is 1. The van der Waals surface area contributed by atoms with Gasteiger partial charge in [0.25, 0.3) is 0 Å². The van der Waals surface area contributed by atoms with Gasteiger partial charge < -0.3 is 10.5 Å². The zero-order valence-corrected chi connectivity index (χ0v) is 10.6. The molecule has 4 heteroatoms. The van der Waals surface area contributed by atoms with Crippen molar-refractivity contribution in [1.29, 1.82) is 0 Å². The zero-order chi connectivity index (χ0) is 12.7. The maximum atomic E-state index is 13.7. The molecule has 2 N–H and O–H groups in total. The summed E-state index contributed by atoms with van der Waals surface area (Å²) >= 11 is 0. The van der Waals surface area contributed by atoms with Gasteiger partial charge in [-0.25, -0.2) is 4.39 Å². The predicted octanol–water partition coefficient (Wildman–Crippen LogP) is 1.75. The summed E-state index contributed by atoms with van der Waals surface area (Å²) in [6, 6.07) is 5.18. The topological polar surface area (TPSA) is 38.5 Å². The molecular weight excluding hydrogens is 219 g/mol. The number of hydrogen-bond acceptors (Lipinski definition) is 3. The Hall–Kier alpha value is -0.970. The Kier molecular flexibility index (Phi) is 6.11. The first-order chi connectivity index (χ1) is 8.17. The molecule has 1 aromatic carbocycles. The normalized spacial score (nSPS) is 11.1. The van der Waals surface area contributed by atoms with E-state index in [-0.39, 0.29) is 5.82 Å². The highest BCUT2D eigenvalue weighted by atomic mass is 19.1. The standard InChI is InChI=1S/C13H21FN2O/c1-3-17-7-6-16(2)10-12-5-4-11(9-15)8-13(12)14/h4-5,8H,3,6-7,9-10,15H2,1-2H3. The largest absolute Gasteiger partial charge is 0.380 e. The van der Waals surface area contributed by atoms with E-state index in [0.29, 0.717) is 31.9 Å². The van der Waals surface area contributed by atoms with Gasteiger partial charge in [0, 0.05) is 31.8 Å². The Balaban J connectivity index is 2.50. The van der Waals surface area contributed by atoms with Crippen LogP contribution in [0.25, 0.3) is 0 Å². The molecule has 1 aromatic rings. The molecule has 0 atom stereocenters. The number of halogens is 1. The molecule has 17 heavy (non-hydrogen) atoms. The van der Waals surface area contributed by atoms with Gasteiger partial charge in [-0.3, -0.25) is 4.90 Å². The summed E-state index contributed by atoms with van der Waals surface area (Å²) in [4.78, 5) is 2.04. The summed E-state index contributed by atoms with van der Waals surface area (Å²) in [7, 11) is 1.95. The molecule has 0 amide bonds. The summed E-state index contributed by atoms with van der Waals surface area (Å²) < 4.78 is 18.9. The van der Waals surface area contributed by atoms with Crippen molar-refractivity contribution >= 4 is 0 Å². The van der Waals surface area contributed by atoms with E-state index in [9.17, 15) is 4.39 Å². The first-order valence-corrected chi connectivity index (χ1v) is 5.91. The van der Waals surface area contributed by atoms with Crippen LogP contribution in [0.4, 0.5) is 4.39 Å². The van der Waals surface area contributed by atoms with Crippen LogP contribution in [0.2, 0.25) is 0 Å². The first-order valence-electron chi connectivity index (χ1n) is 5.91. The molecule has 0 bridgehead atoms. The summed E-state index contributed by atoms with van der Waals surface area (Å²) in [5, 5.41) is 0. The van der Waals surface area contributed by atoms with Gasteiger partial charge in [-0.05, 0) is 25.6 Å². The highest BCUT2D eigenvalue weighted by Gasteiger charge is 2.06. The second-order valence-corrected chi connectivity index (χ2v) is 4.06. The Morgan fingerprint density at radius 1 is 1.41 bits per heavy atom. The molecule has 96 valence electrons. The van der Waals surface area contributed by atoms with E-state index in [1.807, 2.05) is 24.9 Å². The van der Waals surface area contributed by atoms with Crippen LogP contribution in [-0.2, 0) is 17.8 Å². The van der Waals surface area contributed by atoms with Gasteiger partial charge in [-0.15, -0.1) is 0 Å². The van der Waals surface area contributed by atoms with Crippen LogP contribution in [-0.4, -0.2) is 31.7 Å². The third-order valence-corrected chi connectivity index (χ3v) is 2.61. The molecule has 1 rings (SSSR count). The van der Waals surface area contributed by atoms with Gasteiger partial charge in [0.1, 0.15) is 5.82 Å². The van der Waals surface area contributed by atoms with E-state index in [4.69, 9.17) is 10.5 Å². The van der Waals surface area contributed by atoms with Gasteiger partial charge in [-0.2, -0.15) is 0 Å². The molecule has 0 heterocycles. The van der Waals surface area contributed by atoms with E-state index >= 15 is 0 Å². The minimum absolute atomic E-state index is 0.184. The lowest BCUT2D eigenvalue weighted by atomic mass is 10.1. The Morgan fingerprint density at radius 3 is 2.76 bits per heavy atom. The van der Waals surface area contributed by atoms with Crippen LogP contribution in [0.1, 0.15) is 18.1 Å². The quantitative estimate of drug-likeness (QED) is 0.738. The zero-order valence-electron chi connectivity index (χ0n) is 10.6. The molecule has 0 radical (unpaired) electrons. The van der Waals surface area contributed by atoms with Crippen molar-refractivity contribution in [3.8, 4) is 0 Å². The maximum absolute atomic E-state index is 13.7. The number of nitrogens with two attached hydrogens (primary N) is 1. The minimum Gasteiger partial charge on any atom is -0.380 e. The van der Waals surface area contributed by atoms with Gasteiger partial charge in [0.05, 0.1) is 6.61 Å². The molecule has 0 aliphatic carbocycles. The third kappa shape index (κ3) is 4.81. The van der Waals surface area contributed by atoms with Gasteiger partial charge in [-0.1, -0.05) is 12.1 Å². The number of benzene rings is 1. The average molecular weight is 240 g/mol. The van der Waals surface area contributed by atoms with Crippen molar-refractivity contribution < 1.29 is 9.13 Å². The van der Waals surface area contributed by atoms with Crippen molar-refractivity contribution in [3.05, 3.63) is 35.1 Å². The van der Waals surface area contributed by atoms with Crippen LogP contribution in [0, 0.1) is 5.82 Å². The fourth-order valence-corrected chi connectivity index (χ4v) is 1.58. The van der Waals surface area contributed by atoms with E-state index in [0.717, 1.165) is 12.1 Å². The lowest BCUT2D eigenvalue weighted by molar-refractivity contribution is 0.120. The highest BCUT2D eigenvalue weighted by Crippen LogP contribution is 2.12. The Morgan fingerprint density at radius 2 is 2.18 bits per heavy atom. The van der Waals surface area contributed by atoms with E-state index in [2.05, 4.69) is 0 Å². The van der Waals surface area contributed by atoms with Crippen LogP contribution >= 0.6 is 0 Å². The van der Waals surface area contributed by atoms with Crippen molar-refractivity contribution in [2.45, 2.75) is 20.0 Å². The second-order valence-electron chi connectivity index (χ2n) is 4.06. The SMILES string of the molecule is CCOCCN(C)Cc1ccc(CN)cc1F. The van der Waals surface area contributed by atoms with Gasteiger partial charge >= 0.3 is 0 Å². The molecule has 0 fully saturated rings. The lowest BCUT2D eigenvalue weighted by Gasteiger charge is -2.17. The Labute approximate surface area is 102 Å². The highest BCUT2D eigenvalue weighted by molar-refractivity contribution is 5.24. The summed E-state index contributed by atoms with van der Waals surface area (Å²) in [6.45, 7) is 5.11. The number of ether oxygens (including phenoxy) is 1.